The minimum atomic E-state index is -0.384. The van der Waals surface area contributed by atoms with Gasteiger partial charge >= 0.3 is 5.97 Å². The Labute approximate surface area is 103 Å². The Morgan fingerprint density at radius 2 is 2.12 bits per heavy atom. The molecule has 0 radical (unpaired) electrons. The van der Waals surface area contributed by atoms with Crippen molar-refractivity contribution in [1.82, 2.24) is 0 Å². The number of Topliss-reactive ketones (excluding diaryl/α,β-unsaturated/α-hetero) is 1. The first kappa shape index (κ1) is 12.9. The summed E-state index contributed by atoms with van der Waals surface area (Å²) >= 11 is 3.28. The highest BCUT2D eigenvalue weighted by Crippen LogP contribution is 2.15. The maximum Gasteiger partial charge on any atom is 0.308 e. The van der Waals surface area contributed by atoms with Crippen LogP contribution in [0.4, 0.5) is 0 Å². The summed E-state index contributed by atoms with van der Waals surface area (Å²) in [6.07, 6.45) is 1.30. The van der Waals surface area contributed by atoms with Gasteiger partial charge in [-0.3, -0.25) is 9.59 Å². The van der Waals surface area contributed by atoms with Gasteiger partial charge in [0.25, 0.3) is 0 Å². The molecule has 0 N–H and O–H groups in total. The molecule has 0 aromatic heterocycles. The van der Waals surface area contributed by atoms with E-state index >= 15 is 0 Å². The molecule has 1 aromatic carbocycles. The van der Waals surface area contributed by atoms with E-state index in [-0.39, 0.29) is 11.8 Å². The fraction of sp³-hybridized carbons (Fsp3) is 0.333. The molecule has 1 aromatic rings. The molecule has 1 rings (SSSR count). The molecule has 0 unspecified atom stereocenters. The summed E-state index contributed by atoms with van der Waals surface area (Å²) in [7, 11) is 0. The third-order valence-electron chi connectivity index (χ3n) is 1.96. The smallest absolute Gasteiger partial charge is 0.308 e. The summed E-state index contributed by atoms with van der Waals surface area (Å²) in [5.41, 5.74) is 0.583. The van der Waals surface area contributed by atoms with Gasteiger partial charge in [-0.1, -0.05) is 28.1 Å². The van der Waals surface area contributed by atoms with Crippen LogP contribution in [0.25, 0.3) is 0 Å². The van der Waals surface area contributed by atoms with E-state index in [4.69, 9.17) is 4.74 Å². The molecule has 0 aliphatic heterocycles. The molecular weight excluding hydrogens is 272 g/mol. The Bertz CT molecular complexity index is 388. The lowest BCUT2D eigenvalue weighted by Crippen LogP contribution is -2.03. The van der Waals surface area contributed by atoms with Crippen molar-refractivity contribution < 1.29 is 14.3 Å². The van der Waals surface area contributed by atoms with Gasteiger partial charge in [-0.15, -0.1) is 0 Å². The molecule has 86 valence electrons. The van der Waals surface area contributed by atoms with E-state index in [9.17, 15) is 9.59 Å². The minimum absolute atomic E-state index is 0.0634. The number of carbonyl (C=O) groups is 2. The third kappa shape index (κ3) is 4.14. The first-order valence-electron chi connectivity index (χ1n) is 5.01. The minimum Gasteiger partial charge on any atom is -0.427 e. The van der Waals surface area contributed by atoms with Gasteiger partial charge in [-0.25, -0.2) is 0 Å². The largest absolute Gasteiger partial charge is 0.427 e. The topological polar surface area (TPSA) is 43.4 Å². The van der Waals surface area contributed by atoms with E-state index in [0.29, 0.717) is 17.7 Å². The van der Waals surface area contributed by atoms with E-state index in [1.54, 1.807) is 24.3 Å². The zero-order valence-corrected chi connectivity index (χ0v) is 10.6. The van der Waals surface area contributed by atoms with Crippen molar-refractivity contribution in [3.8, 4) is 5.75 Å². The second-order valence-corrected chi connectivity index (χ2v) is 4.13. The fourth-order valence-corrected chi connectivity index (χ4v) is 1.55. The SMILES string of the molecule is CC(=O)Oc1cccc(C(=O)CCCBr)c1. The molecule has 0 fully saturated rings. The van der Waals surface area contributed by atoms with E-state index in [0.717, 1.165) is 11.8 Å². The van der Waals surface area contributed by atoms with E-state index in [2.05, 4.69) is 15.9 Å². The van der Waals surface area contributed by atoms with Crippen LogP contribution in [-0.4, -0.2) is 17.1 Å². The summed E-state index contributed by atoms with van der Waals surface area (Å²) in [5.74, 6) is 0.0932. The van der Waals surface area contributed by atoms with Gasteiger partial charge in [-0.05, 0) is 18.6 Å². The Balaban J connectivity index is 2.73. The maximum atomic E-state index is 11.7. The Morgan fingerprint density at radius 1 is 1.38 bits per heavy atom. The molecule has 0 saturated carbocycles. The van der Waals surface area contributed by atoms with Crippen LogP contribution in [0.5, 0.6) is 5.75 Å². The van der Waals surface area contributed by atoms with E-state index in [1.807, 2.05) is 0 Å². The summed E-state index contributed by atoms with van der Waals surface area (Å²) in [6, 6.07) is 6.68. The third-order valence-corrected chi connectivity index (χ3v) is 2.52. The van der Waals surface area contributed by atoms with Gasteiger partial charge in [0.15, 0.2) is 5.78 Å². The zero-order chi connectivity index (χ0) is 12.0. The van der Waals surface area contributed by atoms with Crippen molar-refractivity contribution in [1.29, 1.82) is 0 Å². The first-order valence-corrected chi connectivity index (χ1v) is 6.13. The molecule has 4 heteroatoms. The Kier molecular flexibility index (Phi) is 5.19. The molecule has 3 nitrogen and oxygen atoms in total. The van der Waals surface area contributed by atoms with Crippen LogP contribution in [-0.2, 0) is 4.79 Å². The van der Waals surface area contributed by atoms with Crippen molar-refractivity contribution in [2.45, 2.75) is 19.8 Å². The van der Waals surface area contributed by atoms with Crippen molar-refractivity contribution in [3.05, 3.63) is 29.8 Å². The van der Waals surface area contributed by atoms with Crippen LogP contribution in [0.3, 0.4) is 0 Å². The molecule has 0 atom stereocenters. The second kappa shape index (κ2) is 6.43. The number of rotatable bonds is 5. The first-order chi connectivity index (χ1) is 7.63. The summed E-state index contributed by atoms with van der Waals surface area (Å²) in [5, 5.41) is 0.808. The average Bonchev–Trinajstić information content (AvgIpc) is 2.25. The van der Waals surface area contributed by atoms with Gasteiger partial charge in [-0.2, -0.15) is 0 Å². The number of benzene rings is 1. The van der Waals surface area contributed by atoms with Crippen molar-refractivity contribution in [3.63, 3.8) is 0 Å². The molecule has 0 aliphatic rings. The average molecular weight is 285 g/mol. The highest BCUT2D eigenvalue weighted by atomic mass is 79.9. The predicted molar refractivity (Wildman–Crippen MR) is 65.1 cm³/mol. The molecule has 0 aliphatic carbocycles. The molecular formula is C12H13BrO3. The lowest BCUT2D eigenvalue weighted by atomic mass is 10.1. The Hall–Kier alpha value is -1.16. The zero-order valence-electron chi connectivity index (χ0n) is 9.03. The monoisotopic (exact) mass is 284 g/mol. The maximum absolute atomic E-state index is 11.7. The molecule has 0 saturated heterocycles. The highest BCUT2D eigenvalue weighted by molar-refractivity contribution is 9.09. The van der Waals surface area contributed by atoms with Gasteiger partial charge in [0, 0.05) is 24.2 Å². The second-order valence-electron chi connectivity index (χ2n) is 3.34. The quantitative estimate of drug-likeness (QED) is 0.361. The molecule has 0 bridgehead atoms. The van der Waals surface area contributed by atoms with Crippen LogP contribution in [0.2, 0.25) is 0 Å². The number of halogens is 1. The summed E-state index contributed by atoms with van der Waals surface area (Å²) < 4.78 is 4.91. The molecule has 0 amide bonds. The van der Waals surface area contributed by atoms with Crippen molar-refractivity contribution >= 4 is 27.7 Å². The van der Waals surface area contributed by atoms with E-state index < -0.39 is 0 Å². The van der Waals surface area contributed by atoms with Crippen molar-refractivity contribution in [2.24, 2.45) is 0 Å². The summed E-state index contributed by atoms with van der Waals surface area (Å²) in [6.45, 7) is 1.33. The molecule has 16 heavy (non-hydrogen) atoms. The van der Waals surface area contributed by atoms with Crippen LogP contribution >= 0.6 is 15.9 Å². The van der Waals surface area contributed by atoms with Crippen LogP contribution in [0, 0.1) is 0 Å². The number of ketones is 1. The lowest BCUT2D eigenvalue weighted by Gasteiger charge is -2.03. The number of carbonyl (C=O) groups excluding carboxylic acids is 2. The fourth-order valence-electron chi connectivity index (χ4n) is 1.27. The number of ether oxygens (including phenoxy) is 1. The molecule has 0 spiro atoms. The standard InChI is InChI=1S/C12H13BrO3/c1-9(14)16-11-5-2-4-10(8-11)12(15)6-3-7-13/h2,4-5,8H,3,6-7H2,1H3. The highest BCUT2D eigenvalue weighted by Gasteiger charge is 2.07. The van der Waals surface area contributed by atoms with Crippen LogP contribution in [0.1, 0.15) is 30.1 Å². The predicted octanol–water partition coefficient (Wildman–Crippen LogP) is 2.97. The Morgan fingerprint density at radius 3 is 2.75 bits per heavy atom. The van der Waals surface area contributed by atoms with Gasteiger partial charge in [0.2, 0.25) is 0 Å². The normalized spacial score (nSPS) is 9.88. The number of esters is 1. The number of hydrogen-bond acceptors (Lipinski definition) is 3. The van der Waals surface area contributed by atoms with Crippen LogP contribution < -0.4 is 4.74 Å². The van der Waals surface area contributed by atoms with E-state index in [1.165, 1.54) is 6.92 Å². The lowest BCUT2D eigenvalue weighted by molar-refractivity contribution is -0.131. The number of hydrogen-bond donors (Lipinski definition) is 0. The van der Waals surface area contributed by atoms with Gasteiger partial charge < -0.3 is 4.74 Å². The summed E-state index contributed by atoms with van der Waals surface area (Å²) in [4.78, 5) is 22.4. The van der Waals surface area contributed by atoms with Crippen molar-refractivity contribution in [2.75, 3.05) is 5.33 Å². The van der Waals surface area contributed by atoms with Gasteiger partial charge in [0.05, 0.1) is 0 Å². The van der Waals surface area contributed by atoms with Crippen LogP contribution in [0.15, 0.2) is 24.3 Å². The molecule has 0 heterocycles. The number of alkyl halides is 1. The van der Waals surface area contributed by atoms with Gasteiger partial charge in [0.1, 0.15) is 5.75 Å².